The predicted octanol–water partition coefficient (Wildman–Crippen LogP) is 0.927. The topological polar surface area (TPSA) is 49.4 Å². The van der Waals surface area contributed by atoms with Gasteiger partial charge in [-0.3, -0.25) is 9.59 Å². The van der Waals surface area contributed by atoms with Gasteiger partial charge in [-0.2, -0.15) is 0 Å². The number of hydrogen-bond donors (Lipinski definition) is 1. The number of hydrogen-bond acceptors (Lipinski definition) is 3. The second-order valence-corrected chi connectivity index (χ2v) is 4.74. The molecule has 4 nitrogen and oxygen atoms in total. The first kappa shape index (κ1) is 11.2. The molecule has 0 spiro atoms. The van der Waals surface area contributed by atoms with E-state index < -0.39 is 0 Å². The third kappa shape index (κ3) is 1.75. The van der Waals surface area contributed by atoms with Crippen LogP contribution in [0.15, 0.2) is 34.8 Å². The summed E-state index contributed by atoms with van der Waals surface area (Å²) in [5, 5.41) is 1.61. The molecule has 1 fully saturated rings. The minimum atomic E-state index is -0.00276. The van der Waals surface area contributed by atoms with Crippen LogP contribution >= 0.6 is 0 Å². The summed E-state index contributed by atoms with van der Waals surface area (Å²) in [6.45, 7) is 2.30. The van der Waals surface area contributed by atoms with Crippen LogP contribution < -0.4 is 10.9 Å². The zero-order valence-corrected chi connectivity index (χ0v) is 10.1. The number of fused-ring (bicyclic) bond motifs is 2. The second kappa shape index (κ2) is 4.07. The summed E-state index contributed by atoms with van der Waals surface area (Å²) in [7, 11) is 0. The van der Waals surface area contributed by atoms with Gasteiger partial charge in [-0.15, -0.1) is 0 Å². The molecular weight excluding hydrogens is 228 g/mol. The lowest BCUT2D eigenvalue weighted by molar-refractivity contribution is -0.128. The van der Waals surface area contributed by atoms with Crippen molar-refractivity contribution in [1.29, 1.82) is 0 Å². The Balaban J connectivity index is 2.11. The number of rotatable bonds is 0. The molecule has 1 aliphatic carbocycles. The van der Waals surface area contributed by atoms with E-state index in [-0.39, 0.29) is 17.3 Å². The monoisotopic (exact) mass is 242 g/mol. The Hall–Kier alpha value is -1.94. The fraction of sp³-hybridized carbons (Fsp3) is 0.286. The summed E-state index contributed by atoms with van der Waals surface area (Å²) in [4.78, 5) is 23.0. The van der Waals surface area contributed by atoms with E-state index in [9.17, 15) is 9.59 Å². The van der Waals surface area contributed by atoms with E-state index >= 15 is 0 Å². The van der Waals surface area contributed by atoms with Gasteiger partial charge in [-0.1, -0.05) is 12.1 Å². The molecule has 92 valence electrons. The zero-order chi connectivity index (χ0) is 12.7. The molecule has 18 heavy (non-hydrogen) atoms. The maximum Gasteiger partial charge on any atom is 0.237 e. The fourth-order valence-corrected chi connectivity index (χ4v) is 2.63. The number of nitrogens with zero attached hydrogens (tertiary/aromatic N) is 1. The van der Waals surface area contributed by atoms with Crippen molar-refractivity contribution in [2.75, 3.05) is 6.54 Å². The Morgan fingerprint density at radius 3 is 3.06 bits per heavy atom. The Bertz CT molecular complexity index is 607. The lowest BCUT2D eigenvalue weighted by Gasteiger charge is -2.22. The molecule has 2 aliphatic rings. The summed E-state index contributed by atoms with van der Waals surface area (Å²) in [6.07, 6.45) is 2.81. The lowest BCUT2D eigenvalue weighted by Crippen LogP contribution is -2.33. The molecule has 1 saturated heterocycles. The minimum absolute atomic E-state index is 0.00276. The molecule has 1 aromatic carbocycles. The van der Waals surface area contributed by atoms with E-state index in [1.54, 1.807) is 30.1 Å². The van der Waals surface area contributed by atoms with Crippen LogP contribution in [0.25, 0.3) is 6.08 Å². The molecule has 0 radical (unpaired) electrons. The fourth-order valence-electron chi connectivity index (χ4n) is 2.63. The highest BCUT2D eigenvalue weighted by Gasteiger charge is 2.32. The van der Waals surface area contributed by atoms with E-state index in [4.69, 9.17) is 0 Å². The molecule has 1 N–H and O–H groups in total. The highest BCUT2D eigenvalue weighted by molar-refractivity contribution is 5.77. The van der Waals surface area contributed by atoms with E-state index in [0.717, 1.165) is 29.8 Å². The third-order valence-corrected chi connectivity index (χ3v) is 3.48. The highest BCUT2D eigenvalue weighted by Crippen LogP contribution is 2.32. The van der Waals surface area contributed by atoms with E-state index in [0.29, 0.717) is 0 Å². The number of carbonyl (C=O) groups excluding carboxylic acids is 1. The first-order valence-electron chi connectivity index (χ1n) is 6.04. The molecule has 0 bridgehead atoms. The molecule has 1 aliphatic heterocycles. The molecule has 1 atom stereocenters. The molecule has 1 aromatic rings. The van der Waals surface area contributed by atoms with Gasteiger partial charge in [0, 0.05) is 25.1 Å². The lowest BCUT2D eigenvalue weighted by atomic mass is 9.89. The summed E-state index contributed by atoms with van der Waals surface area (Å²) < 4.78 is 0. The van der Waals surface area contributed by atoms with Crippen LogP contribution in [0.1, 0.15) is 18.1 Å². The van der Waals surface area contributed by atoms with Crippen molar-refractivity contribution in [2.45, 2.75) is 13.3 Å². The average molecular weight is 242 g/mol. The van der Waals surface area contributed by atoms with E-state index in [2.05, 4.69) is 5.43 Å². The molecule has 3 rings (SSSR count). The van der Waals surface area contributed by atoms with Crippen LogP contribution in [0.5, 0.6) is 0 Å². The number of amides is 1. The normalized spacial score (nSPS) is 21.1. The van der Waals surface area contributed by atoms with Crippen molar-refractivity contribution < 1.29 is 4.79 Å². The van der Waals surface area contributed by atoms with Gasteiger partial charge in [0.05, 0.1) is 0 Å². The minimum Gasteiger partial charge on any atom is -0.290 e. The van der Waals surface area contributed by atoms with E-state index in [1.807, 2.05) is 12.1 Å². The summed E-state index contributed by atoms with van der Waals surface area (Å²) in [5.74, 6) is 0.278. The number of carbonyl (C=O) groups is 1. The first-order chi connectivity index (χ1) is 8.65. The van der Waals surface area contributed by atoms with Crippen LogP contribution in [0, 0.1) is 5.92 Å². The SMILES string of the molecule is CC(=O)N1NCC2Cc3cc(=O)cccc3C=C21. The predicted molar refractivity (Wildman–Crippen MR) is 68.4 cm³/mol. The van der Waals surface area contributed by atoms with Crippen LogP contribution in [0.3, 0.4) is 0 Å². The van der Waals surface area contributed by atoms with Crippen molar-refractivity contribution in [3.63, 3.8) is 0 Å². The summed E-state index contributed by atoms with van der Waals surface area (Å²) in [5.41, 5.74) is 6.22. The quantitative estimate of drug-likeness (QED) is 0.736. The third-order valence-electron chi connectivity index (χ3n) is 3.48. The van der Waals surface area contributed by atoms with Gasteiger partial charge in [0.2, 0.25) is 5.91 Å². The Labute approximate surface area is 105 Å². The van der Waals surface area contributed by atoms with Crippen molar-refractivity contribution in [3.8, 4) is 0 Å². The molecular formula is C14H14N2O2. The molecule has 1 amide bonds. The van der Waals surface area contributed by atoms with Gasteiger partial charge in [0.15, 0.2) is 5.43 Å². The van der Waals surface area contributed by atoms with Crippen molar-refractivity contribution >= 4 is 12.0 Å². The molecule has 1 unspecified atom stereocenters. The van der Waals surface area contributed by atoms with Gasteiger partial charge < -0.3 is 0 Å². The van der Waals surface area contributed by atoms with Gasteiger partial charge in [0.1, 0.15) is 0 Å². The van der Waals surface area contributed by atoms with Crippen LogP contribution in [-0.4, -0.2) is 17.5 Å². The Morgan fingerprint density at radius 1 is 1.44 bits per heavy atom. The Kier molecular flexibility index (Phi) is 2.52. The van der Waals surface area contributed by atoms with Crippen molar-refractivity contribution in [1.82, 2.24) is 10.4 Å². The van der Waals surface area contributed by atoms with Crippen LogP contribution in [0.4, 0.5) is 0 Å². The maximum atomic E-state index is 11.5. The molecule has 1 heterocycles. The number of hydrazine groups is 1. The molecule has 0 aromatic heterocycles. The van der Waals surface area contributed by atoms with Gasteiger partial charge in [-0.25, -0.2) is 10.4 Å². The van der Waals surface area contributed by atoms with Crippen molar-refractivity contribution in [2.24, 2.45) is 5.92 Å². The maximum absolute atomic E-state index is 11.5. The van der Waals surface area contributed by atoms with Gasteiger partial charge in [0.25, 0.3) is 0 Å². The van der Waals surface area contributed by atoms with Crippen LogP contribution in [0.2, 0.25) is 0 Å². The van der Waals surface area contributed by atoms with Gasteiger partial charge >= 0.3 is 0 Å². The number of nitrogens with one attached hydrogen (secondary N) is 1. The average Bonchev–Trinajstić information content (AvgIpc) is 2.62. The highest BCUT2D eigenvalue weighted by atomic mass is 16.2. The van der Waals surface area contributed by atoms with Gasteiger partial charge in [-0.05, 0) is 35.8 Å². The zero-order valence-electron chi connectivity index (χ0n) is 10.1. The van der Waals surface area contributed by atoms with Crippen LogP contribution in [-0.2, 0) is 11.2 Å². The smallest absolute Gasteiger partial charge is 0.237 e. The molecule has 0 saturated carbocycles. The molecule has 4 heteroatoms. The van der Waals surface area contributed by atoms with E-state index in [1.165, 1.54) is 0 Å². The largest absolute Gasteiger partial charge is 0.290 e. The first-order valence-corrected chi connectivity index (χ1v) is 6.04. The Morgan fingerprint density at radius 2 is 2.28 bits per heavy atom. The van der Waals surface area contributed by atoms with Crippen molar-refractivity contribution in [3.05, 3.63) is 51.3 Å². The summed E-state index contributed by atoms with van der Waals surface area (Å²) in [6, 6.07) is 6.95. The second-order valence-electron chi connectivity index (χ2n) is 4.74. The summed E-state index contributed by atoms with van der Waals surface area (Å²) >= 11 is 0. The standard InChI is InChI=1S/C14H14N2O2/c1-9(17)16-14-7-10-3-2-4-13(18)6-11(10)5-12(14)8-15-16/h2-4,6-7,12,15H,5,8H2,1H3.